The third kappa shape index (κ3) is 4.20. The van der Waals surface area contributed by atoms with Gasteiger partial charge in [0, 0.05) is 30.4 Å². The highest BCUT2D eigenvalue weighted by atomic mass is 19.4. The SMILES string of the molecule is Cc1nc2nc(C(F)(F)F)nn2c(C)c1CCC(=O)NC1CNCCC1C. The predicted molar refractivity (Wildman–Crippen MR) is 92.2 cm³/mol. The minimum absolute atomic E-state index is 0.0796. The Balaban J connectivity index is 1.73. The summed E-state index contributed by atoms with van der Waals surface area (Å²) in [6.07, 6.45) is -3.00. The Morgan fingerprint density at radius 1 is 1.33 bits per heavy atom. The lowest BCUT2D eigenvalue weighted by Gasteiger charge is -2.30. The highest BCUT2D eigenvalue weighted by molar-refractivity contribution is 5.76. The summed E-state index contributed by atoms with van der Waals surface area (Å²) in [5.41, 5.74) is 1.79. The molecule has 2 aromatic heterocycles. The molecular weight excluding hydrogens is 361 g/mol. The molecule has 0 spiro atoms. The van der Waals surface area contributed by atoms with E-state index < -0.39 is 12.0 Å². The molecule has 1 saturated heterocycles. The number of rotatable bonds is 4. The van der Waals surface area contributed by atoms with Crippen molar-refractivity contribution in [3.63, 3.8) is 0 Å². The van der Waals surface area contributed by atoms with Gasteiger partial charge >= 0.3 is 6.18 Å². The smallest absolute Gasteiger partial charge is 0.352 e. The first kappa shape index (κ1) is 19.5. The van der Waals surface area contributed by atoms with Gasteiger partial charge in [0.1, 0.15) is 0 Å². The second kappa shape index (κ2) is 7.41. The lowest BCUT2D eigenvalue weighted by Crippen LogP contribution is -2.50. The van der Waals surface area contributed by atoms with Crippen molar-refractivity contribution in [3.05, 3.63) is 22.8 Å². The van der Waals surface area contributed by atoms with Gasteiger partial charge in [0.15, 0.2) is 0 Å². The first-order chi connectivity index (χ1) is 12.7. The fourth-order valence-electron chi connectivity index (χ4n) is 3.39. The van der Waals surface area contributed by atoms with Crippen LogP contribution >= 0.6 is 0 Å². The third-order valence-corrected chi connectivity index (χ3v) is 5.08. The number of halogens is 3. The third-order valence-electron chi connectivity index (χ3n) is 5.08. The van der Waals surface area contributed by atoms with Gasteiger partial charge in [0.05, 0.1) is 0 Å². The van der Waals surface area contributed by atoms with E-state index in [0.29, 0.717) is 29.3 Å². The molecule has 2 aromatic rings. The minimum atomic E-state index is -4.63. The van der Waals surface area contributed by atoms with Crippen LogP contribution in [0.15, 0.2) is 0 Å². The van der Waals surface area contributed by atoms with Crippen molar-refractivity contribution < 1.29 is 18.0 Å². The lowest BCUT2D eigenvalue weighted by atomic mass is 9.94. The second-order valence-electron chi connectivity index (χ2n) is 7.05. The van der Waals surface area contributed by atoms with Crippen molar-refractivity contribution in [1.82, 2.24) is 30.2 Å². The van der Waals surface area contributed by atoms with E-state index in [1.807, 2.05) is 0 Å². The van der Waals surface area contributed by atoms with E-state index in [4.69, 9.17) is 0 Å². The predicted octanol–water partition coefficient (Wildman–Crippen LogP) is 1.81. The summed E-state index contributed by atoms with van der Waals surface area (Å²) in [4.78, 5) is 19.9. The van der Waals surface area contributed by atoms with Crippen LogP contribution in [0.4, 0.5) is 13.2 Å². The number of carbonyl (C=O) groups is 1. The molecule has 0 aliphatic carbocycles. The molecule has 27 heavy (non-hydrogen) atoms. The number of fused-ring (bicyclic) bond motifs is 1. The Hall–Kier alpha value is -2.23. The van der Waals surface area contributed by atoms with Gasteiger partial charge in [-0.15, -0.1) is 5.10 Å². The maximum atomic E-state index is 12.8. The molecule has 7 nitrogen and oxygen atoms in total. The molecule has 2 unspecified atom stereocenters. The van der Waals surface area contributed by atoms with E-state index in [1.54, 1.807) is 13.8 Å². The normalized spacial score (nSPS) is 20.8. The van der Waals surface area contributed by atoms with Crippen LogP contribution in [0.5, 0.6) is 0 Å². The number of aromatic nitrogens is 4. The summed E-state index contributed by atoms with van der Waals surface area (Å²) in [6.45, 7) is 7.18. The molecule has 10 heteroatoms. The Morgan fingerprint density at radius 2 is 2.07 bits per heavy atom. The van der Waals surface area contributed by atoms with Crippen LogP contribution in [0, 0.1) is 19.8 Å². The van der Waals surface area contributed by atoms with Gasteiger partial charge in [0.25, 0.3) is 11.6 Å². The number of aryl methyl sites for hydroxylation is 2. The zero-order valence-corrected chi connectivity index (χ0v) is 15.5. The molecule has 0 bridgehead atoms. The van der Waals surface area contributed by atoms with Crippen LogP contribution < -0.4 is 10.6 Å². The van der Waals surface area contributed by atoms with Gasteiger partial charge in [-0.2, -0.15) is 18.2 Å². The number of nitrogens with one attached hydrogen (secondary N) is 2. The molecule has 0 saturated carbocycles. The van der Waals surface area contributed by atoms with E-state index in [2.05, 4.69) is 32.6 Å². The largest absolute Gasteiger partial charge is 0.453 e. The van der Waals surface area contributed by atoms with Gasteiger partial charge in [-0.25, -0.2) is 9.50 Å². The molecule has 1 aliphatic rings. The van der Waals surface area contributed by atoms with Gasteiger partial charge < -0.3 is 10.6 Å². The van der Waals surface area contributed by atoms with E-state index in [1.165, 1.54) is 0 Å². The summed E-state index contributed by atoms with van der Waals surface area (Å²) in [6, 6.07) is 0.0960. The quantitative estimate of drug-likeness (QED) is 0.840. The average Bonchev–Trinajstić information content (AvgIpc) is 3.01. The molecule has 1 fully saturated rings. The number of hydrogen-bond donors (Lipinski definition) is 2. The van der Waals surface area contributed by atoms with Crippen molar-refractivity contribution in [2.45, 2.75) is 52.3 Å². The van der Waals surface area contributed by atoms with Crippen LogP contribution in [0.3, 0.4) is 0 Å². The van der Waals surface area contributed by atoms with Crippen LogP contribution in [0.2, 0.25) is 0 Å². The van der Waals surface area contributed by atoms with Crippen LogP contribution in [0.25, 0.3) is 5.78 Å². The van der Waals surface area contributed by atoms with Crippen LogP contribution in [-0.4, -0.2) is 44.6 Å². The Bertz CT molecular complexity index is 847. The lowest BCUT2D eigenvalue weighted by molar-refractivity contribution is -0.144. The second-order valence-corrected chi connectivity index (χ2v) is 7.05. The maximum Gasteiger partial charge on any atom is 0.453 e. The fraction of sp³-hybridized carbons (Fsp3) is 0.647. The standard InChI is InChI=1S/C17H23F3N6O/c1-9-6-7-21-8-13(9)23-14(27)5-4-12-10(2)22-16-24-15(17(18,19)20)25-26(16)11(12)3/h9,13,21H,4-8H2,1-3H3,(H,23,27). The Morgan fingerprint density at radius 3 is 2.74 bits per heavy atom. The first-order valence-corrected chi connectivity index (χ1v) is 8.97. The number of hydrogen-bond acceptors (Lipinski definition) is 5. The molecule has 1 amide bonds. The zero-order chi connectivity index (χ0) is 19.8. The molecular formula is C17H23F3N6O. The van der Waals surface area contributed by atoms with E-state index >= 15 is 0 Å². The Labute approximate surface area is 154 Å². The number of amides is 1. The van der Waals surface area contributed by atoms with Gasteiger partial charge in [-0.05, 0) is 44.7 Å². The van der Waals surface area contributed by atoms with Crippen molar-refractivity contribution in [2.75, 3.05) is 13.1 Å². The highest BCUT2D eigenvalue weighted by Gasteiger charge is 2.37. The monoisotopic (exact) mass is 384 g/mol. The molecule has 2 N–H and O–H groups in total. The molecule has 1 aliphatic heterocycles. The summed E-state index contributed by atoms with van der Waals surface area (Å²) in [7, 11) is 0. The molecule has 3 heterocycles. The highest BCUT2D eigenvalue weighted by Crippen LogP contribution is 2.27. The van der Waals surface area contributed by atoms with Crippen molar-refractivity contribution >= 4 is 11.7 Å². The molecule has 2 atom stereocenters. The van der Waals surface area contributed by atoms with Crippen LogP contribution in [0.1, 0.15) is 42.5 Å². The van der Waals surface area contributed by atoms with Gasteiger partial charge in [-0.3, -0.25) is 4.79 Å². The Kier molecular flexibility index (Phi) is 5.36. The first-order valence-electron chi connectivity index (χ1n) is 8.97. The van der Waals surface area contributed by atoms with Crippen molar-refractivity contribution in [3.8, 4) is 0 Å². The van der Waals surface area contributed by atoms with Crippen LogP contribution in [-0.2, 0) is 17.4 Å². The summed E-state index contributed by atoms with van der Waals surface area (Å²) in [5, 5.41) is 9.82. The van der Waals surface area contributed by atoms with Crippen molar-refractivity contribution in [1.29, 1.82) is 0 Å². The molecule has 148 valence electrons. The molecule has 0 radical (unpaired) electrons. The summed E-state index contributed by atoms with van der Waals surface area (Å²) < 4.78 is 39.6. The average molecular weight is 384 g/mol. The maximum absolute atomic E-state index is 12.8. The molecule has 0 aromatic carbocycles. The zero-order valence-electron chi connectivity index (χ0n) is 15.5. The van der Waals surface area contributed by atoms with E-state index in [9.17, 15) is 18.0 Å². The summed E-state index contributed by atoms with van der Waals surface area (Å²) in [5.74, 6) is -0.976. The van der Waals surface area contributed by atoms with E-state index in [0.717, 1.165) is 24.0 Å². The molecule has 3 rings (SSSR count). The number of nitrogens with zero attached hydrogens (tertiary/aromatic N) is 4. The van der Waals surface area contributed by atoms with Gasteiger partial charge in [-0.1, -0.05) is 6.92 Å². The summed E-state index contributed by atoms with van der Waals surface area (Å²) >= 11 is 0. The van der Waals surface area contributed by atoms with Crippen molar-refractivity contribution in [2.24, 2.45) is 5.92 Å². The number of piperidine rings is 1. The van der Waals surface area contributed by atoms with Gasteiger partial charge in [0.2, 0.25) is 5.91 Å². The fourth-order valence-corrected chi connectivity index (χ4v) is 3.39. The number of alkyl halides is 3. The topological polar surface area (TPSA) is 84.2 Å². The number of carbonyl (C=O) groups excluding carboxylic acids is 1. The minimum Gasteiger partial charge on any atom is -0.352 e. The van der Waals surface area contributed by atoms with E-state index in [-0.39, 0.29) is 24.1 Å².